The number of H-pyrrole nitrogens is 1. The van der Waals surface area contributed by atoms with Crippen molar-refractivity contribution in [1.82, 2.24) is 9.97 Å². The van der Waals surface area contributed by atoms with Gasteiger partial charge in [0.1, 0.15) is 11.5 Å². The average Bonchev–Trinajstić information content (AvgIpc) is 2.95. The molecule has 2 aromatic carbocycles. The molecular weight excluding hydrogens is 252 g/mol. The molecule has 0 saturated heterocycles. The Morgan fingerprint density at radius 3 is 2.80 bits per heavy atom. The zero-order chi connectivity index (χ0) is 13.9. The minimum Gasteiger partial charge on any atom is -0.464 e. The van der Waals surface area contributed by atoms with Crippen molar-refractivity contribution in [1.29, 1.82) is 0 Å². The van der Waals surface area contributed by atoms with Gasteiger partial charge in [-0.2, -0.15) is 0 Å². The number of ether oxygens (including phenoxy) is 1. The lowest BCUT2D eigenvalue weighted by Crippen LogP contribution is -2.01. The largest absolute Gasteiger partial charge is 0.464 e. The number of carbonyl (C=O) groups is 1. The van der Waals surface area contributed by atoms with E-state index in [9.17, 15) is 4.79 Å². The number of rotatable bonds is 3. The Hall–Kier alpha value is -2.62. The fourth-order valence-electron chi connectivity index (χ4n) is 2.21. The van der Waals surface area contributed by atoms with E-state index in [-0.39, 0.29) is 0 Å². The highest BCUT2D eigenvalue weighted by Crippen LogP contribution is 2.17. The highest BCUT2D eigenvalue weighted by Gasteiger charge is 2.09. The summed E-state index contributed by atoms with van der Waals surface area (Å²) >= 11 is 0. The minimum atomic E-state index is -0.401. The molecule has 0 fully saturated rings. The first-order valence-electron chi connectivity index (χ1n) is 6.36. The Morgan fingerprint density at radius 2 is 2.00 bits per heavy atom. The van der Waals surface area contributed by atoms with Crippen molar-refractivity contribution in [3.05, 3.63) is 65.7 Å². The van der Waals surface area contributed by atoms with E-state index in [2.05, 4.69) is 45.0 Å². The molecule has 1 N–H and O–H groups in total. The number of nitrogens with one attached hydrogen (secondary N) is 1. The van der Waals surface area contributed by atoms with Crippen molar-refractivity contribution < 1.29 is 9.53 Å². The Bertz CT molecular complexity index is 762. The van der Waals surface area contributed by atoms with Gasteiger partial charge < -0.3 is 9.72 Å². The summed E-state index contributed by atoms with van der Waals surface area (Å²) in [6.07, 6.45) is 2.16. The second kappa shape index (κ2) is 5.17. The van der Waals surface area contributed by atoms with E-state index in [1.54, 1.807) is 0 Å². The highest BCUT2D eigenvalue weighted by atomic mass is 16.5. The van der Waals surface area contributed by atoms with Crippen molar-refractivity contribution in [2.45, 2.75) is 6.42 Å². The van der Waals surface area contributed by atoms with E-state index in [4.69, 9.17) is 0 Å². The lowest BCUT2D eigenvalue weighted by Gasteiger charge is -2.02. The third-order valence-corrected chi connectivity index (χ3v) is 3.22. The van der Waals surface area contributed by atoms with Gasteiger partial charge in [0.15, 0.2) is 0 Å². The van der Waals surface area contributed by atoms with Crippen LogP contribution in [0.1, 0.15) is 21.9 Å². The van der Waals surface area contributed by atoms with Crippen LogP contribution in [0.4, 0.5) is 0 Å². The molecule has 0 unspecified atom stereocenters. The van der Waals surface area contributed by atoms with Crippen LogP contribution < -0.4 is 0 Å². The Labute approximate surface area is 116 Å². The maximum atomic E-state index is 11.4. The van der Waals surface area contributed by atoms with Crippen molar-refractivity contribution in [3.63, 3.8) is 0 Å². The minimum absolute atomic E-state index is 0.378. The highest BCUT2D eigenvalue weighted by molar-refractivity contribution is 5.87. The van der Waals surface area contributed by atoms with Gasteiger partial charge in [-0.1, -0.05) is 42.5 Å². The van der Waals surface area contributed by atoms with Crippen LogP contribution in [0.25, 0.3) is 10.8 Å². The predicted octanol–water partition coefficient (Wildman–Crippen LogP) is 2.94. The first-order valence-corrected chi connectivity index (χ1v) is 6.36. The van der Waals surface area contributed by atoms with Gasteiger partial charge in [0.25, 0.3) is 0 Å². The number of aromatic nitrogens is 2. The molecule has 4 nitrogen and oxygen atoms in total. The molecule has 0 spiro atoms. The number of aromatic amines is 1. The number of imidazole rings is 1. The summed E-state index contributed by atoms with van der Waals surface area (Å²) in [7, 11) is 1.35. The maximum absolute atomic E-state index is 11.4. The number of esters is 1. The van der Waals surface area contributed by atoms with Crippen molar-refractivity contribution in [3.8, 4) is 0 Å². The van der Waals surface area contributed by atoms with Crippen LogP contribution in [0.5, 0.6) is 0 Å². The second-order valence-electron chi connectivity index (χ2n) is 4.59. The van der Waals surface area contributed by atoms with Gasteiger partial charge in [-0.3, -0.25) is 0 Å². The lowest BCUT2D eigenvalue weighted by molar-refractivity contribution is 0.0594. The standard InChI is InChI=1S/C16H14N2O2/c1-20-16(19)14-10-17-15(18-14)9-11-6-7-12-4-2-3-5-13(12)8-11/h2-8,10H,9H2,1H3,(H,17,18). The molecule has 100 valence electrons. The summed E-state index contributed by atoms with van der Waals surface area (Å²) in [5.74, 6) is 0.350. The second-order valence-corrected chi connectivity index (χ2v) is 4.59. The van der Waals surface area contributed by atoms with Gasteiger partial charge in [0.05, 0.1) is 13.3 Å². The van der Waals surface area contributed by atoms with E-state index in [1.807, 2.05) is 12.1 Å². The molecule has 0 aliphatic carbocycles. The molecule has 1 aromatic heterocycles. The van der Waals surface area contributed by atoms with E-state index >= 15 is 0 Å². The summed E-state index contributed by atoms with van der Waals surface area (Å²) < 4.78 is 4.65. The molecule has 0 radical (unpaired) electrons. The first-order chi connectivity index (χ1) is 9.76. The molecular formula is C16H14N2O2. The molecule has 1 heterocycles. The molecule has 20 heavy (non-hydrogen) atoms. The van der Waals surface area contributed by atoms with Crippen molar-refractivity contribution >= 4 is 16.7 Å². The van der Waals surface area contributed by atoms with Gasteiger partial charge >= 0.3 is 5.97 Å². The third-order valence-electron chi connectivity index (χ3n) is 3.22. The number of methoxy groups -OCH3 is 1. The van der Waals surface area contributed by atoms with Crippen LogP contribution >= 0.6 is 0 Å². The molecule has 0 aliphatic rings. The zero-order valence-corrected chi connectivity index (χ0v) is 11.1. The van der Waals surface area contributed by atoms with Gasteiger partial charge in [-0.15, -0.1) is 0 Å². The molecule has 3 aromatic rings. The predicted molar refractivity (Wildman–Crippen MR) is 76.7 cm³/mol. The topological polar surface area (TPSA) is 55.0 Å². The van der Waals surface area contributed by atoms with Gasteiger partial charge in [-0.25, -0.2) is 9.78 Å². The Morgan fingerprint density at radius 1 is 1.20 bits per heavy atom. The lowest BCUT2D eigenvalue weighted by atomic mass is 10.1. The van der Waals surface area contributed by atoms with Gasteiger partial charge in [0, 0.05) is 6.42 Å². The fourth-order valence-corrected chi connectivity index (χ4v) is 2.21. The Balaban J connectivity index is 1.85. The van der Waals surface area contributed by atoms with Gasteiger partial charge in [-0.05, 0) is 16.3 Å². The fraction of sp³-hybridized carbons (Fsp3) is 0.125. The number of hydrogen-bond donors (Lipinski definition) is 1. The number of hydrogen-bond acceptors (Lipinski definition) is 3. The van der Waals surface area contributed by atoms with E-state index in [1.165, 1.54) is 24.1 Å². The molecule has 0 aliphatic heterocycles. The normalized spacial score (nSPS) is 10.7. The zero-order valence-electron chi connectivity index (χ0n) is 11.1. The SMILES string of the molecule is COC(=O)c1cnc(Cc2ccc3ccccc3c2)[nH]1. The monoisotopic (exact) mass is 266 g/mol. The number of benzene rings is 2. The third kappa shape index (κ3) is 2.40. The van der Waals surface area contributed by atoms with Crippen molar-refractivity contribution in [2.24, 2.45) is 0 Å². The number of nitrogens with zero attached hydrogens (tertiary/aromatic N) is 1. The van der Waals surface area contributed by atoms with E-state index in [0.717, 1.165) is 11.4 Å². The summed E-state index contributed by atoms with van der Waals surface area (Å²) in [5.41, 5.74) is 1.53. The van der Waals surface area contributed by atoms with Crippen LogP contribution in [0, 0.1) is 0 Å². The molecule has 3 rings (SSSR count). The van der Waals surface area contributed by atoms with Crippen LogP contribution in [0.2, 0.25) is 0 Å². The number of fused-ring (bicyclic) bond motifs is 1. The smallest absolute Gasteiger partial charge is 0.356 e. The quantitative estimate of drug-likeness (QED) is 0.741. The molecule has 0 bridgehead atoms. The van der Waals surface area contributed by atoms with Crippen LogP contribution in [-0.4, -0.2) is 23.0 Å². The maximum Gasteiger partial charge on any atom is 0.356 e. The number of carbonyl (C=O) groups excluding carboxylic acids is 1. The summed E-state index contributed by atoms with van der Waals surface area (Å²) in [6, 6.07) is 14.5. The molecule has 0 atom stereocenters. The summed E-state index contributed by atoms with van der Waals surface area (Å²) in [6.45, 7) is 0. The Kier molecular flexibility index (Phi) is 3.21. The van der Waals surface area contributed by atoms with E-state index in [0.29, 0.717) is 12.1 Å². The molecule has 4 heteroatoms. The van der Waals surface area contributed by atoms with Crippen LogP contribution in [-0.2, 0) is 11.2 Å². The summed E-state index contributed by atoms with van der Waals surface area (Å²) in [4.78, 5) is 18.5. The average molecular weight is 266 g/mol. The van der Waals surface area contributed by atoms with Gasteiger partial charge in [0.2, 0.25) is 0 Å². The molecule has 0 saturated carbocycles. The van der Waals surface area contributed by atoms with Crippen LogP contribution in [0.15, 0.2) is 48.7 Å². The summed E-state index contributed by atoms with van der Waals surface area (Å²) in [5, 5.41) is 2.41. The van der Waals surface area contributed by atoms with Crippen molar-refractivity contribution in [2.75, 3.05) is 7.11 Å². The molecule has 0 amide bonds. The van der Waals surface area contributed by atoms with E-state index < -0.39 is 5.97 Å². The van der Waals surface area contributed by atoms with Crippen LogP contribution in [0.3, 0.4) is 0 Å². The first kappa shape index (κ1) is 12.4.